The van der Waals surface area contributed by atoms with Crippen LogP contribution < -0.4 is 4.90 Å². The summed E-state index contributed by atoms with van der Waals surface area (Å²) in [5.74, 6) is -0.0673. The normalized spacial score (nSPS) is 20.0. The minimum atomic E-state index is -0.821. The zero-order valence-electron chi connectivity index (χ0n) is 11.6. The van der Waals surface area contributed by atoms with Gasteiger partial charge in [-0.3, -0.25) is 9.69 Å². The summed E-state index contributed by atoms with van der Waals surface area (Å²) >= 11 is 0. The van der Waals surface area contributed by atoms with Crippen molar-refractivity contribution in [3.63, 3.8) is 0 Å². The number of benzene rings is 2. The van der Waals surface area contributed by atoms with Crippen molar-refractivity contribution in [1.29, 1.82) is 0 Å². The fourth-order valence-corrected chi connectivity index (χ4v) is 2.77. The van der Waals surface area contributed by atoms with Crippen LogP contribution in [-0.2, 0) is 10.2 Å². The van der Waals surface area contributed by atoms with Gasteiger partial charge in [-0.2, -0.15) is 0 Å². The Hall–Kier alpha value is -2.78. The molecular formula is C16H14N4O. The van der Waals surface area contributed by atoms with E-state index in [2.05, 4.69) is 10.0 Å². The molecule has 2 aromatic rings. The lowest BCUT2D eigenvalue weighted by Crippen LogP contribution is -2.38. The molecule has 1 aliphatic heterocycles. The third kappa shape index (κ3) is 1.95. The van der Waals surface area contributed by atoms with Crippen molar-refractivity contribution in [2.45, 2.75) is 12.3 Å². The Labute approximate surface area is 122 Å². The molecule has 5 heteroatoms. The van der Waals surface area contributed by atoms with E-state index in [1.807, 2.05) is 61.5 Å². The lowest BCUT2D eigenvalue weighted by molar-refractivity contribution is -0.121. The van der Waals surface area contributed by atoms with Gasteiger partial charge in [0, 0.05) is 17.1 Å². The number of amides is 1. The maximum absolute atomic E-state index is 12.9. The van der Waals surface area contributed by atoms with E-state index in [4.69, 9.17) is 5.53 Å². The van der Waals surface area contributed by atoms with Gasteiger partial charge in [-0.1, -0.05) is 41.5 Å². The van der Waals surface area contributed by atoms with E-state index in [1.165, 1.54) is 0 Å². The molecule has 0 radical (unpaired) electrons. The SMILES string of the molecule is C[C@]1(CN=[N+]=[N-])C(=O)N(c2ccccc2)c2ccccc21. The van der Waals surface area contributed by atoms with Crippen LogP contribution in [0.2, 0.25) is 0 Å². The second-order valence-electron chi connectivity index (χ2n) is 5.21. The van der Waals surface area contributed by atoms with Gasteiger partial charge < -0.3 is 0 Å². The van der Waals surface area contributed by atoms with Crippen LogP contribution >= 0.6 is 0 Å². The second kappa shape index (κ2) is 4.96. The highest BCUT2D eigenvalue weighted by atomic mass is 16.2. The fourth-order valence-electron chi connectivity index (χ4n) is 2.77. The lowest BCUT2D eigenvalue weighted by Gasteiger charge is -2.22. The van der Waals surface area contributed by atoms with Gasteiger partial charge in [0.1, 0.15) is 0 Å². The molecule has 3 rings (SSSR count). The van der Waals surface area contributed by atoms with Crippen LogP contribution in [-0.4, -0.2) is 12.5 Å². The van der Waals surface area contributed by atoms with Gasteiger partial charge in [0.15, 0.2) is 0 Å². The zero-order valence-corrected chi connectivity index (χ0v) is 11.6. The highest BCUT2D eigenvalue weighted by Gasteiger charge is 2.47. The molecule has 2 aromatic carbocycles. The number of hydrogen-bond donors (Lipinski definition) is 0. The molecule has 1 heterocycles. The molecule has 0 unspecified atom stereocenters. The molecule has 0 saturated heterocycles. The Kier molecular flexibility index (Phi) is 3.12. The monoisotopic (exact) mass is 278 g/mol. The maximum Gasteiger partial charge on any atom is 0.242 e. The number of para-hydroxylation sites is 2. The summed E-state index contributed by atoms with van der Waals surface area (Å²) in [6, 6.07) is 17.1. The van der Waals surface area contributed by atoms with Crippen LogP contribution in [0.15, 0.2) is 59.7 Å². The Morgan fingerprint density at radius 3 is 2.52 bits per heavy atom. The van der Waals surface area contributed by atoms with E-state index >= 15 is 0 Å². The standard InChI is InChI=1S/C16H14N4O/c1-16(11-18-19-17)13-9-5-6-10-14(13)20(15(16)21)12-7-3-2-4-8-12/h2-10H,11H2,1H3/t16-/m1/s1. The summed E-state index contributed by atoms with van der Waals surface area (Å²) in [7, 11) is 0. The van der Waals surface area contributed by atoms with Crippen molar-refractivity contribution >= 4 is 17.3 Å². The van der Waals surface area contributed by atoms with Crippen LogP contribution in [0, 0.1) is 0 Å². The molecule has 5 nitrogen and oxygen atoms in total. The van der Waals surface area contributed by atoms with E-state index in [9.17, 15) is 4.79 Å². The van der Waals surface area contributed by atoms with E-state index in [-0.39, 0.29) is 12.5 Å². The highest BCUT2D eigenvalue weighted by Crippen LogP contribution is 2.45. The first kappa shape index (κ1) is 13.2. The first-order valence-corrected chi connectivity index (χ1v) is 6.68. The van der Waals surface area contributed by atoms with Crippen molar-refractivity contribution in [2.24, 2.45) is 5.11 Å². The van der Waals surface area contributed by atoms with Crippen molar-refractivity contribution in [2.75, 3.05) is 11.4 Å². The first-order valence-electron chi connectivity index (χ1n) is 6.68. The molecule has 1 amide bonds. The molecular weight excluding hydrogens is 264 g/mol. The molecule has 0 bridgehead atoms. The largest absolute Gasteiger partial charge is 0.280 e. The number of carbonyl (C=O) groups excluding carboxylic acids is 1. The van der Waals surface area contributed by atoms with Crippen molar-refractivity contribution in [3.05, 3.63) is 70.6 Å². The Bertz CT molecular complexity index is 737. The average Bonchev–Trinajstić information content (AvgIpc) is 2.75. The molecule has 21 heavy (non-hydrogen) atoms. The minimum Gasteiger partial charge on any atom is -0.280 e. The van der Waals surface area contributed by atoms with Gasteiger partial charge in [-0.05, 0) is 36.2 Å². The Morgan fingerprint density at radius 2 is 1.81 bits per heavy atom. The molecule has 1 atom stereocenters. The fraction of sp³-hybridized carbons (Fsp3) is 0.188. The number of nitrogens with zero attached hydrogens (tertiary/aromatic N) is 4. The Morgan fingerprint density at radius 1 is 1.14 bits per heavy atom. The third-order valence-electron chi connectivity index (χ3n) is 3.88. The lowest BCUT2D eigenvalue weighted by atomic mass is 9.84. The number of fused-ring (bicyclic) bond motifs is 1. The third-order valence-corrected chi connectivity index (χ3v) is 3.88. The van der Waals surface area contributed by atoms with E-state index in [0.717, 1.165) is 16.9 Å². The summed E-state index contributed by atoms with van der Waals surface area (Å²) in [5.41, 5.74) is 10.3. The quantitative estimate of drug-likeness (QED) is 0.476. The van der Waals surface area contributed by atoms with Crippen LogP contribution in [0.1, 0.15) is 12.5 Å². The number of hydrogen-bond acceptors (Lipinski definition) is 2. The van der Waals surface area contributed by atoms with Crippen LogP contribution in [0.5, 0.6) is 0 Å². The molecule has 0 spiro atoms. The summed E-state index contributed by atoms with van der Waals surface area (Å²) in [5, 5.41) is 3.64. The first-order chi connectivity index (χ1) is 10.2. The predicted octanol–water partition coefficient (Wildman–Crippen LogP) is 3.93. The molecule has 1 aliphatic rings. The summed E-state index contributed by atoms with van der Waals surface area (Å²) in [6.45, 7) is 1.94. The van der Waals surface area contributed by atoms with Crippen molar-refractivity contribution < 1.29 is 4.79 Å². The van der Waals surface area contributed by atoms with Gasteiger partial charge in [0.25, 0.3) is 0 Å². The van der Waals surface area contributed by atoms with Crippen LogP contribution in [0.25, 0.3) is 10.4 Å². The molecule has 0 fully saturated rings. The summed E-state index contributed by atoms with van der Waals surface area (Å²) < 4.78 is 0. The van der Waals surface area contributed by atoms with Crippen molar-refractivity contribution in [1.82, 2.24) is 0 Å². The smallest absolute Gasteiger partial charge is 0.242 e. The van der Waals surface area contributed by atoms with Crippen molar-refractivity contribution in [3.8, 4) is 0 Å². The topological polar surface area (TPSA) is 69.1 Å². The van der Waals surface area contributed by atoms with Crippen LogP contribution in [0.4, 0.5) is 11.4 Å². The number of carbonyl (C=O) groups is 1. The van der Waals surface area contributed by atoms with E-state index in [1.54, 1.807) is 4.90 Å². The molecule has 0 saturated carbocycles. The number of rotatable bonds is 3. The van der Waals surface area contributed by atoms with Gasteiger partial charge in [0.2, 0.25) is 5.91 Å². The zero-order chi connectivity index (χ0) is 14.9. The highest BCUT2D eigenvalue weighted by molar-refractivity contribution is 6.12. The summed E-state index contributed by atoms with van der Waals surface area (Å²) in [4.78, 5) is 17.4. The van der Waals surface area contributed by atoms with Gasteiger partial charge >= 0.3 is 0 Å². The minimum absolute atomic E-state index is 0.0673. The number of azide groups is 1. The van der Waals surface area contributed by atoms with Gasteiger partial charge in [-0.15, -0.1) is 0 Å². The van der Waals surface area contributed by atoms with Crippen LogP contribution in [0.3, 0.4) is 0 Å². The summed E-state index contributed by atoms with van der Waals surface area (Å²) in [6.07, 6.45) is 0. The number of anilines is 2. The molecule has 0 aliphatic carbocycles. The Balaban J connectivity index is 2.17. The predicted molar refractivity (Wildman–Crippen MR) is 81.4 cm³/mol. The second-order valence-corrected chi connectivity index (χ2v) is 5.21. The molecule has 0 aromatic heterocycles. The molecule has 104 valence electrons. The maximum atomic E-state index is 12.9. The van der Waals surface area contributed by atoms with Gasteiger partial charge in [0.05, 0.1) is 11.1 Å². The van der Waals surface area contributed by atoms with E-state index in [0.29, 0.717) is 0 Å². The van der Waals surface area contributed by atoms with Gasteiger partial charge in [-0.25, -0.2) is 0 Å². The average molecular weight is 278 g/mol. The van der Waals surface area contributed by atoms with E-state index < -0.39 is 5.41 Å². The molecule has 0 N–H and O–H groups in total.